The fourth-order valence-electron chi connectivity index (χ4n) is 3.62. The van der Waals surface area contributed by atoms with Gasteiger partial charge in [0.1, 0.15) is 24.4 Å². The quantitative estimate of drug-likeness (QED) is 0.555. The first kappa shape index (κ1) is 21.2. The molecule has 0 radical (unpaired) electrons. The average molecular weight is 370 g/mol. The summed E-state index contributed by atoms with van der Waals surface area (Å²) in [5.74, 6) is 0.121. The van der Waals surface area contributed by atoms with Crippen molar-refractivity contribution < 1.29 is 34.7 Å². The third-order valence-corrected chi connectivity index (χ3v) is 5.02. The molecule has 0 amide bonds. The van der Waals surface area contributed by atoms with Crippen LogP contribution in [-0.2, 0) is 14.3 Å². The predicted octanol–water partition coefficient (Wildman–Crippen LogP) is 0.453. The fraction of sp³-hybridized carbons (Fsp3) is 0.737. The van der Waals surface area contributed by atoms with Crippen LogP contribution < -0.4 is 0 Å². The zero-order valence-electron chi connectivity index (χ0n) is 15.8. The first-order valence-corrected chi connectivity index (χ1v) is 8.95. The topological polar surface area (TPSA) is 116 Å². The number of ketones is 1. The number of hydrogen-bond donors (Lipinski definition) is 4. The van der Waals surface area contributed by atoms with Gasteiger partial charge in [-0.1, -0.05) is 19.9 Å². The second-order valence-electron chi connectivity index (χ2n) is 7.85. The van der Waals surface area contributed by atoms with Crippen LogP contribution >= 0.6 is 0 Å². The van der Waals surface area contributed by atoms with Gasteiger partial charge in [0.2, 0.25) is 0 Å². The van der Waals surface area contributed by atoms with Crippen LogP contribution in [-0.4, -0.2) is 69.6 Å². The number of allylic oxidation sites excluding steroid dienone is 3. The molecule has 0 saturated carbocycles. The van der Waals surface area contributed by atoms with E-state index in [1.54, 1.807) is 13.0 Å². The van der Waals surface area contributed by atoms with E-state index in [1.807, 2.05) is 26.8 Å². The Kier molecular flexibility index (Phi) is 6.76. The van der Waals surface area contributed by atoms with Gasteiger partial charge in [0.25, 0.3) is 0 Å². The van der Waals surface area contributed by atoms with Crippen molar-refractivity contribution in [3.05, 3.63) is 23.3 Å². The Morgan fingerprint density at radius 2 is 1.96 bits per heavy atom. The lowest BCUT2D eigenvalue weighted by Crippen LogP contribution is -2.59. The van der Waals surface area contributed by atoms with E-state index in [9.17, 15) is 25.2 Å². The van der Waals surface area contributed by atoms with Gasteiger partial charge in [-0.25, -0.2) is 0 Å². The van der Waals surface area contributed by atoms with Crippen molar-refractivity contribution in [2.75, 3.05) is 6.61 Å². The molecule has 2 rings (SSSR count). The van der Waals surface area contributed by atoms with Crippen LogP contribution in [0.5, 0.6) is 0 Å². The van der Waals surface area contributed by atoms with Crippen molar-refractivity contribution in [3.63, 3.8) is 0 Å². The number of ether oxygens (including phenoxy) is 2. The van der Waals surface area contributed by atoms with Crippen molar-refractivity contribution in [1.82, 2.24) is 0 Å². The van der Waals surface area contributed by atoms with E-state index in [0.29, 0.717) is 12.8 Å². The maximum atomic E-state index is 11.8. The summed E-state index contributed by atoms with van der Waals surface area (Å²) in [6, 6.07) is 0. The van der Waals surface area contributed by atoms with Crippen molar-refractivity contribution in [3.8, 4) is 0 Å². The maximum absolute atomic E-state index is 11.8. The first-order valence-electron chi connectivity index (χ1n) is 8.95. The Balaban J connectivity index is 2.03. The minimum Gasteiger partial charge on any atom is -0.394 e. The lowest BCUT2D eigenvalue weighted by Gasteiger charge is -2.40. The molecule has 2 aliphatic rings. The molecule has 7 heteroatoms. The van der Waals surface area contributed by atoms with Gasteiger partial charge in [-0.3, -0.25) is 4.79 Å². The Labute approximate surface area is 153 Å². The molecule has 4 N–H and O–H groups in total. The fourth-order valence-corrected chi connectivity index (χ4v) is 3.62. The van der Waals surface area contributed by atoms with Crippen LogP contribution in [0.15, 0.2) is 23.3 Å². The molecule has 1 aliphatic carbocycles. The summed E-state index contributed by atoms with van der Waals surface area (Å²) in [7, 11) is 0. The average Bonchev–Trinajstić information content (AvgIpc) is 2.53. The van der Waals surface area contributed by atoms with E-state index < -0.39 is 37.3 Å². The van der Waals surface area contributed by atoms with Gasteiger partial charge in [0, 0.05) is 6.42 Å². The van der Waals surface area contributed by atoms with Crippen LogP contribution in [0.1, 0.15) is 40.5 Å². The minimum atomic E-state index is -1.45. The molecule has 148 valence electrons. The molecule has 0 aromatic heterocycles. The molecule has 0 bridgehead atoms. The monoisotopic (exact) mass is 370 g/mol. The van der Waals surface area contributed by atoms with E-state index in [-0.39, 0.29) is 17.3 Å². The minimum absolute atomic E-state index is 0.121. The van der Waals surface area contributed by atoms with Crippen LogP contribution in [0.4, 0.5) is 0 Å². The van der Waals surface area contributed by atoms with Crippen LogP contribution in [0.2, 0.25) is 0 Å². The van der Waals surface area contributed by atoms with Crippen LogP contribution in [0.25, 0.3) is 0 Å². The predicted molar refractivity (Wildman–Crippen MR) is 94.2 cm³/mol. The molecule has 1 fully saturated rings. The van der Waals surface area contributed by atoms with Gasteiger partial charge in [-0.05, 0) is 42.9 Å². The lowest BCUT2D eigenvalue weighted by atomic mass is 9.72. The number of carbonyl (C=O) groups is 1. The van der Waals surface area contributed by atoms with Gasteiger partial charge in [-0.2, -0.15) is 0 Å². The van der Waals surface area contributed by atoms with Crippen LogP contribution in [0.3, 0.4) is 0 Å². The SMILES string of the molecule is CC1=CC(=O)CC(C)(C)C1=CC[C@@H](C)O[C@@H]1O[C@H](CO)[C@@H](O)[C@H](O)[C@H]1O. The van der Waals surface area contributed by atoms with Crippen molar-refractivity contribution in [2.24, 2.45) is 5.41 Å². The summed E-state index contributed by atoms with van der Waals surface area (Å²) in [6.07, 6.45) is -2.09. The molecular weight excluding hydrogens is 340 g/mol. The van der Waals surface area contributed by atoms with E-state index in [0.717, 1.165) is 11.1 Å². The second-order valence-corrected chi connectivity index (χ2v) is 7.85. The van der Waals surface area contributed by atoms with E-state index in [1.165, 1.54) is 0 Å². The molecule has 1 aliphatic heterocycles. The molecule has 0 spiro atoms. The third kappa shape index (κ3) is 4.60. The molecule has 6 atom stereocenters. The summed E-state index contributed by atoms with van der Waals surface area (Å²) in [4.78, 5) is 11.8. The molecule has 26 heavy (non-hydrogen) atoms. The van der Waals surface area contributed by atoms with Crippen molar-refractivity contribution in [1.29, 1.82) is 0 Å². The highest BCUT2D eigenvalue weighted by molar-refractivity contribution is 5.93. The van der Waals surface area contributed by atoms with E-state index in [2.05, 4.69) is 0 Å². The van der Waals surface area contributed by atoms with Gasteiger partial charge in [0.05, 0.1) is 12.7 Å². The van der Waals surface area contributed by atoms with Crippen molar-refractivity contribution in [2.45, 2.75) is 77.3 Å². The van der Waals surface area contributed by atoms with Gasteiger partial charge < -0.3 is 29.9 Å². The molecular formula is C19H30O7. The molecule has 0 unspecified atom stereocenters. The first-order chi connectivity index (χ1) is 12.1. The number of aliphatic hydroxyl groups is 4. The normalized spacial score (nSPS) is 37.5. The lowest BCUT2D eigenvalue weighted by molar-refractivity contribution is -0.309. The summed E-state index contributed by atoms with van der Waals surface area (Å²) in [6.45, 7) is 7.27. The molecule has 1 heterocycles. The Morgan fingerprint density at radius 1 is 1.31 bits per heavy atom. The zero-order chi connectivity index (χ0) is 19.6. The van der Waals surface area contributed by atoms with Crippen LogP contribution in [0, 0.1) is 5.41 Å². The second kappa shape index (κ2) is 8.29. The Hall–Kier alpha value is -1.09. The third-order valence-electron chi connectivity index (χ3n) is 5.02. The van der Waals surface area contributed by atoms with Crippen molar-refractivity contribution >= 4 is 5.78 Å². The molecule has 0 aromatic carbocycles. The van der Waals surface area contributed by atoms with Gasteiger partial charge in [-0.15, -0.1) is 0 Å². The standard InChI is InChI=1S/C19H30O7/c1-10-7-12(21)8-19(3,4)13(10)6-5-11(2)25-18-17(24)16(23)15(22)14(9-20)26-18/h6-7,11,14-18,20,22-24H,5,8-9H2,1-4H3/t11-,14-,15-,16+,17-,18-/m1/s1. The Bertz CT molecular complexity index is 578. The van der Waals surface area contributed by atoms with E-state index in [4.69, 9.17) is 9.47 Å². The van der Waals surface area contributed by atoms with E-state index >= 15 is 0 Å². The van der Waals surface area contributed by atoms with Gasteiger partial charge >= 0.3 is 0 Å². The number of aliphatic hydroxyl groups excluding tert-OH is 4. The highest BCUT2D eigenvalue weighted by atomic mass is 16.7. The molecule has 1 saturated heterocycles. The highest BCUT2D eigenvalue weighted by Gasteiger charge is 2.44. The number of hydrogen-bond acceptors (Lipinski definition) is 7. The van der Waals surface area contributed by atoms with Gasteiger partial charge in [0.15, 0.2) is 12.1 Å². The summed E-state index contributed by atoms with van der Waals surface area (Å²) in [5, 5.41) is 38.9. The number of rotatable bonds is 5. The molecule has 7 nitrogen and oxygen atoms in total. The molecule has 0 aromatic rings. The zero-order valence-corrected chi connectivity index (χ0v) is 15.8. The Morgan fingerprint density at radius 3 is 2.54 bits per heavy atom. The number of carbonyl (C=O) groups excluding carboxylic acids is 1. The summed E-state index contributed by atoms with van der Waals surface area (Å²) >= 11 is 0. The largest absolute Gasteiger partial charge is 0.394 e. The smallest absolute Gasteiger partial charge is 0.186 e. The summed E-state index contributed by atoms with van der Waals surface area (Å²) in [5.41, 5.74) is 1.77. The summed E-state index contributed by atoms with van der Waals surface area (Å²) < 4.78 is 11.0. The highest BCUT2D eigenvalue weighted by Crippen LogP contribution is 2.39. The maximum Gasteiger partial charge on any atom is 0.186 e.